The predicted octanol–water partition coefficient (Wildman–Crippen LogP) is 1.82. The van der Waals surface area contributed by atoms with Crippen molar-refractivity contribution in [3.63, 3.8) is 0 Å². The highest BCUT2D eigenvalue weighted by Gasteiger charge is 2.18. The molecule has 0 spiro atoms. The zero-order chi connectivity index (χ0) is 11.4. The molecule has 1 unspecified atom stereocenters. The van der Waals surface area contributed by atoms with Crippen LogP contribution in [0.3, 0.4) is 0 Å². The maximum Gasteiger partial charge on any atom is 0.243 e. The summed E-state index contributed by atoms with van der Waals surface area (Å²) in [6.07, 6.45) is 0.678. The van der Waals surface area contributed by atoms with Gasteiger partial charge in [0, 0.05) is 7.11 Å². The standard InChI is InChI=1S/C10H19N3O2/c1-6(2)5-8(11)10-12-9(13-15-10)7(3)14-4/h6-8H,5,11H2,1-4H3/t7?,8-/m1/s1. The molecule has 5 heteroatoms. The van der Waals surface area contributed by atoms with E-state index in [4.69, 9.17) is 15.0 Å². The molecule has 15 heavy (non-hydrogen) atoms. The van der Waals surface area contributed by atoms with Gasteiger partial charge in [-0.3, -0.25) is 0 Å². The van der Waals surface area contributed by atoms with Gasteiger partial charge in [-0.05, 0) is 19.3 Å². The first-order valence-corrected chi connectivity index (χ1v) is 5.16. The summed E-state index contributed by atoms with van der Waals surface area (Å²) in [5, 5.41) is 3.82. The van der Waals surface area contributed by atoms with Crippen molar-refractivity contribution < 1.29 is 9.26 Å². The van der Waals surface area contributed by atoms with Gasteiger partial charge < -0.3 is 15.0 Å². The second kappa shape index (κ2) is 5.23. The molecule has 1 aromatic rings. The third-order valence-corrected chi connectivity index (χ3v) is 2.22. The van der Waals surface area contributed by atoms with Gasteiger partial charge in [-0.15, -0.1) is 0 Å². The van der Waals surface area contributed by atoms with Crippen LogP contribution in [0.1, 0.15) is 51.1 Å². The molecular weight excluding hydrogens is 194 g/mol. The summed E-state index contributed by atoms with van der Waals surface area (Å²) in [5.74, 6) is 1.55. The summed E-state index contributed by atoms with van der Waals surface area (Å²) in [4.78, 5) is 4.21. The van der Waals surface area contributed by atoms with E-state index in [0.29, 0.717) is 17.6 Å². The summed E-state index contributed by atoms with van der Waals surface area (Å²) in [6.45, 7) is 6.08. The Morgan fingerprint density at radius 2 is 2.07 bits per heavy atom. The molecule has 2 atom stereocenters. The van der Waals surface area contributed by atoms with Crippen LogP contribution in [-0.2, 0) is 4.74 Å². The molecule has 0 aliphatic heterocycles. The van der Waals surface area contributed by atoms with Crippen molar-refractivity contribution in [3.8, 4) is 0 Å². The third-order valence-electron chi connectivity index (χ3n) is 2.22. The van der Waals surface area contributed by atoms with Crippen LogP contribution in [0.15, 0.2) is 4.52 Å². The Hall–Kier alpha value is -0.940. The van der Waals surface area contributed by atoms with E-state index in [-0.39, 0.29) is 12.1 Å². The van der Waals surface area contributed by atoms with Gasteiger partial charge in [0.05, 0.1) is 6.04 Å². The fourth-order valence-electron chi connectivity index (χ4n) is 1.28. The number of nitrogens with two attached hydrogens (primary N) is 1. The highest BCUT2D eigenvalue weighted by atomic mass is 16.5. The molecule has 0 aromatic carbocycles. The molecule has 0 saturated carbocycles. The molecule has 1 aromatic heterocycles. The van der Waals surface area contributed by atoms with Gasteiger partial charge in [-0.1, -0.05) is 19.0 Å². The van der Waals surface area contributed by atoms with Gasteiger partial charge in [-0.25, -0.2) is 0 Å². The molecule has 0 fully saturated rings. The molecule has 2 N–H and O–H groups in total. The van der Waals surface area contributed by atoms with Crippen molar-refractivity contribution in [2.24, 2.45) is 11.7 Å². The molecule has 0 bridgehead atoms. The van der Waals surface area contributed by atoms with Crippen LogP contribution in [0.2, 0.25) is 0 Å². The minimum absolute atomic E-state index is 0.159. The number of ether oxygens (including phenoxy) is 1. The van der Waals surface area contributed by atoms with E-state index >= 15 is 0 Å². The van der Waals surface area contributed by atoms with Crippen molar-refractivity contribution in [3.05, 3.63) is 11.7 Å². The highest BCUT2D eigenvalue weighted by Crippen LogP contribution is 2.19. The van der Waals surface area contributed by atoms with Crippen molar-refractivity contribution >= 4 is 0 Å². The topological polar surface area (TPSA) is 74.2 Å². The molecule has 1 rings (SSSR count). The quantitative estimate of drug-likeness (QED) is 0.807. The van der Waals surface area contributed by atoms with Gasteiger partial charge in [0.25, 0.3) is 0 Å². The summed E-state index contributed by atoms with van der Waals surface area (Å²) in [7, 11) is 1.61. The normalized spacial score (nSPS) is 15.6. The first kappa shape index (κ1) is 12.1. The second-order valence-electron chi connectivity index (χ2n) is 4.10. The lowest BCUT2D eigenvalue weighted by Crippen LogP contribution is -2.13. The van der Waals surface area contributed by atoms with E-state index in [1.165, 1.54) is 0 Å². The first-order chi connectivity index (χ1) is 7.04. The molecule has 5 nitrogen and oxygen atoms in total. The zero-order valence-corrected chi connectivity index (χ0v) is 9.73. The largest absolute Gasteiger partial charge is 0.374 e. The van der Waals surface area contributed by atoms with Gasteiger partial charge >= 0.3 is 0 Å². The minimum atomic E-state index is -0.185. The molecular formula is C10H19N3O2. The van der Waals surface area contributed by atoms with Gasteiger partial charge in [-0.2, -0.15) is 4.98 Å². The summed E-state index contributed by atoms with van der Waals surface area (Å²) in [6, 6.07) is -0.185. The van der Waals surface area contributed by atoms with Crippen molar-refractivity contribution in [2.45, 2.75) is 39.3 Å². The van der Waals surface area contributed by atoms with Crippen LogP contribution in [0.25, 0.3) is 0 Å². The molecule has 1 heterocycles. The Labute approximate surface area is 90.0 Å². The first-order valence-electron chi connectivity index (χ1n) is 5.16. The number of hydrogen-bond acceptors (Lipinski definition) is 5. The van der Waals surface area contributed by atoms with Gasteiger partial charge in [0.2, 0.25) is 5.89 Å². The lowest BCUT2D eigenvalue weighted by molar-refractivity contribution is 0.109. The lowest BCUT2D eigenvalue weighted by atomic mass is 10.0. The fraction of sp³-hybridized carbons (Fsp3) is 0.800. The molecule has 0 saturated heterocycles. The van der Waals surface area contributed by atoms with Crippen molar-refractivity contribution in [1.82, 2.24) is 10.1 Å². The maximum atomic E-state index is 5.91. The highest BCUT2D eigenvalue weighted by molar-refractivity contribution is 4.94. The Morgan fingerprint density at radius 1 is 1.40 bits per heavy atom. The number of hydrogen-bond donors (Lipinski definition) is 1. The van der Waals surface area contributed by atoms with E-state index in [1.807, 2.05) is 6.92 Å². The Kier molecular flexibility index (Phi) is 4.23. The van der Waals surface area contributed by atoms with Crippen LogP contribution in [0.5, 0.6) is 0 Å². The SMILES string of the molecule is COC(C)c1noc([C@H](N)CC(C)C)n1. The van der Waals surface area contributed by atoms with Gasteiger partial charge in [0.15, 0.2) is 5.82 Å². The van der Waals surface area contributed by atoms with E-state index in [2.05, 4.69) is 24.0 Å². The Balaban J connectivity index is 2.66. The lowest BCUT2D eigenvalue weighted by Gasteiger charge is -2.08. The monoisotopic (exact) mass is 213 g/mol. The van der Waals surface area contributed by atoms with Crippen LogP contribution in [0.4, 0.5) is 0 Å². The molecule has 0 aliphatic rings. The fourth-order valence-corrected chi connectivity index (χ4v) is 1.28. The number of nitrogens with zero attached hydrogens (tertiary/aromatic N) is 2. The van der Waals surface area contributed by atoms with Crippen LogP contribution in [0, 0.1) is 5.92 Å². The average molecular weight is 213 g/mol. The molecule has 86 valence electrons. The molecule has 0 aliphatic carbocycles. The van der Waals surface area contributed by atoms with Crippen LogP contribution < -0.4 is 5.73 Å². The minimum Gasteiger partial charge on any atom is -0.374 e. The van der Waals surface area contributed by atoms with E-state index in [0.717, 1.165) is 6.42 Å². The summed E-state index contributed by atoms with van der Waals surface area (Å²) < 4.78 is 10.2. The van der Waals surface area contributed by atoms with Crippen LogP contribution in [-0.4, -0.2) is 17.3 Å². The van der Waals surface area contributed by atoms with Crippen molar-refractivity contribution in [2.75, 3.05) is 7.11 Å². The molecule has 0 radical (unpaired) electrons. The number of aromatic nitrogens is 2. The average Bonchev–Trinajstić information content (AvgIpc) is 2.64. The number of rotatable bonds is 5. The number of methoxy groups -OCH3 is 1. The summed E-state index contributed by atoms with van der Waals surface area (Å²) >= 11 is 0. The zero-order valence-electron chi connectivity index (χ0n) is 9.73. The van der Waals surface area contributed by atoms with E-state index < -0.39 is 0 Å². The predicted molar refractivity (Wildman–Crippen MR) is 56.1 cm³/mol. The molecule has 0 amide bonds. The smallest absolute Gasteiger partial charge is 0.243 e. The van der Waals surface area contributed by atoms with Crippen molar-refractivity contribution in [1.29, 1.82) is 0 Å². The van der Waals surface area contributed by atoms with Gasteiger partial charge in [0.1, 0.15) is 6.10 Å². The Bertz CT molecular complexity index is 299. The summed E-state index contributed by atoms with van der Waals surface area (Å²) in [5.41, 5.74) is 5.91. The van der Waals surface area contributed by atoms with E-state index in [9.17, 15) is 0 Å². The maximum absolute atomic E-state index is 5.91. The van der Waals surface area contributed by atoms with E-state index in [1.54, 1.807) is 7.11 Å². The third kappa shape index (κ3) is 3.28. The van der Waals surface area contributed by atoms with Crippen LogP contribution >= 0.6 is 0 Å². The Morgan fingerprint density at radius 3 is 2.60 bits per heavy atom. The second-order valence-corrected chi connectivity index (χ2v) is 4.10.